The molecule has 6 nitrogen and oxygen atoms in total. The summed E-state index contributed by atoms with van der Waals surface area (Å²) < 4.78 is 17.6. The zero-order valence-corrected chi connectivity index (χ0v) is 17.2. The summed E-state index contributed by atoms with van der Waals surface area (Å²) in [6.07, 6.45) is -0.0130. The molecule has 3 aromatic rings. The average Bonchev–Trinajstić information content (AvgIpc) is 2.60. The van der Waals surface area contributed by atoms with E-state index in [0.717, 1.165) is 0 Å². The first-order valence-corrected chi connectivity index (χ1v) is 9.55. The standard InChI is InChI=1S/C23H25NO5/c1-13(2)27-18-8-16(9-19(11-18)28-14(3)4)23-12-21(26)20-10-17(24-15(5)25)6-7-22(20)29-23/h6-14H,1-5H3,(H,24,25). The van der Waals surface area contributed by atoms with E-state index in [2.05, 4.69) is 5.32 Å². The van der Waals surface area contributed by atoms with Crippen molar-refractivity contribution in [2.75, 3.05) is 5.32 Å². The third kappa shape index (κ3) is 5.16. The monoisotopic (exact) mass is 395 g/mol. The van der Waals surface area contributed by atoms with Crippen molar-refractivity contribution in [2.24, 2.45) is 0 Å². The zero-order valence-electron chi connectivity index (χ0n) is 17.2. The van der Waals surface area contributed by atoms with Gasteiger partial charge in [-0.15, -0.1) is 0 Å². The van der Waals surface area contributed by atoms with Gasteiger partial charge in [0.1, 0.15) is 22.8 Å². The molecule has 2 aromatic carbocycles. The molecule has 0 saturated carbocycles. The van der Waals surface area contributed by atoms with Crippen molar-refractivity contribution in [1.82, 2.24) is 0 Å². The van der Waals surface area contributed by atoms with Gasteiger partial charge in [-0.05, 0) is 58.0 Å². The van der Waals surface area contributed by atoms with Crippen LogP contribution in [0.2, 0.25) is 0 Å². The summed E-state index contributed by atoms with van der Waals surface area (Å²) in [5.74, 6) is 1.48. The number of carbonyl (C=O) groups is 1. The van der Waals surface area contributed by atoms with Gasteiger partial charge in [0.15, 0.2) is 5.43 Å². The van der Waals surface area contributed by atoms with Crippen molar-refractivity contribution in [2.45, 2.75) is 46.8 Å². The number of hydrogen-bond acceptors (Lipinski definition) is 5. The van der Waals surface area contributed by atoms with E-state index in [9.17, 15) is 9.59 Å². The van der Waals surface area contributed by atoms with E-state index in [-0.39, 0.29) is 23.5 Å². The van der Waals surface area contributed by atoms with Gasteiger partial charge in [-0.2, -0.15) is 0 Å². The molecule has 0 unspecified atom stereocenters. The normalized spacial score (nSPS) is 11.1. The number of hydrogen-bond donors (Lipinski definition) is 1. The molecule has 0 radical (unpaired) electrons. The lowest BCUT2D eigenvalue weighted by atomic mass is 10.1. The molecule has 1 heterocycles. The topological polar surface area (TPSA) is 77.8 Å². The molecule has 3 rings (SSSR count). The van der Waals surface area contributed by atoms with Gasteiger partial charge in [0.25, 0.3) is 0 Å². The Kier molecular flexibility index (Phi) is 5.92. The summed E-state index contributed by atoms with van der Waals surface area (Å²) in [5, 5.41) is 3.07. The third-order valence-corrected chi connectivity index (χ3v) is 3.96. The lowest BCUT2D eigenvalue weighted by Crippen LogP contribution is -2.08. The van der Waals surface area contributed by atoms with Crippen molar-refractivity contribution in [3.05, 3.63) is 52.7 Å². The summed E-state index contributed by atoms with van der Waals surface area (Å²) in [6.45, 7) is 9.19. The number of anilines is 1. The van der Waals surface area contributed by atoms with Crippen LogP contribution >= 0.6 is 0 Å². The van der Waals surface area contributed by atoms with E-state index in [1.165, 1.54) is 13.0 Å². The Hall–Kier alpha value is -3.28. The van der Waals surface area contributed by atoms with Crippen molar-refractivity contribution >= 4 is 22.6 Å². The van der Waals surface area contributed by atoms with Gasteiger partial charge < -0.3 is 19.2 Å². The molecule has 0 fully saturated rings. The van der Waals surface area contributed by atoms with E-state index < -0.39 is 0 Å². The largest absolute Gasteiger partial charge is 0.491 e. The highest BCUT2D eigenvalue weighted by Gasteiger charge is 2.13. The first-order chi connectivity index (χ1) is 13.7. The van der Waals surface area contributed by atoms with Crippen LogP contribution in [0.5, 0.6) is 11.5 Å². The van der Waals surface area contributed by atoms with Gasteiger partial charge in [-0.3, -0.25) is 9.59 Å². The van der Waals surface area contributed by atoms with Gasteiger partial charge in [0.05, 0.1) is 17.6 Å². The Balaban J connectivity index is 2.09. The summed E-state index contributed by atoms with van der Waals surface area (Å²) in [7, 11) is 0. The Morgan fingerprint density at radius 1 is 0.931 bits per heavy atom. The first-order valence-electron chi connectivity index (χ1n) is 9.55. The molecular formula is C23H25NO5. The van der Waals surface area contributed by atoms with Crippen LogP contribution in [0.25, 0.3) is 22.3 Å². The molecule has 0 atom stereocenters. The van der Waals surface area contributed by atoms with E-state index in [0.29, 0.717) is 39.5 Å². The van der Waals surface area contributed by atoms with Crippen LogP contribution in [0.3, 0.4) is 0 Å². The minimum Gasteiger partial charge on any atom is -0.491 e. The highest BCUT2D eigenvalue weighted by Crippen LogP contribution is 2.32. The van der Waals surface area contributed by atoms with Crippen LogP contribution in [0.15, 0.2) is 51.7 Å². The quantitative estimate of drug-likeness (QED) is 0.636. The summed E-state index contributed by atoms with van der Waals surface area (Å²) >= 11 is 0. The van der Waals surface area contributed by atoms with Crippen LogP contribution in [0.1, 0.15) is 34.6 Å². The molecule has 0 spiro atoms. The second kappa shape index (κ2) is 8.39. The highest BCUT2D eigenvalue weighted by atomic mass is 16.5. The molecule has 1 aromatic heterocycles. The van der Waals surface area contributed by atoms with Crippen molar-refractivity contribution in [3.8, 4) is 22.8 Å². The summed E-state index contributed by atoms with van der Waals surface area (Å²) in [5.41, 5.74) is 1.46. The van der Waals surface area contributed by atoms with Gasteiger partial charge in [-0.1, -0.05) is 0 Å². The van der Waals surface area contributed by atoms with Crippen LogP contribution in [0, 0.1) is 0 Å². The Labute approximate surface area is 169 Å². The van der Waals surface area contributed by atoms with Crippen LogP contribution in [-0.4, -0.2) is 18.1 Å². The minimum absolute atomic E-state index is 0.00652. The molecule has 0 bridgehead atoms. The van der Waals surface area contributed by atoms with Crippen LogP contribution in [0.4, 0.5) is 5.69 Å². The first kappa shape index (κ1) is 20.5. The molecule has 0 saturated heterocycles. The molecule has 6 heteroatoms. The smallest absolute Gasteiger partial charge is 0.221 e. The number of benzene rings is 2. The summed E-state index contributed by atoms with van der Waals surface area (Å²) in [6, 6.07) is 11.9. The van der Waals surface area contributed by atoms with Crippen LogP contribution in [-0.2, 0) is 4.79 Å². The third-order valence-electron chi connectivity index (χ3n) is 3.96. The zero-order chi connectivity index (χ0) is 21.1. The lowest BCUT2D eigenvalue weighted by molar-refractivity contribution is -0.114. The number of rotatable bonds is 6. The Bertz CT molecular complexity index is 1070. The SMILES string of the molecule is CC(=O)Nc1ccc2oc(-c3cc(OC(C)C)cc(OC(C)C)c3)cc(=O)c2c1. The Morgan fingerprint density at radius 2 is 1.55 bits per heavy atom. The number of fused-ring (bicyclic) bond motifs is 1. The van der Waals surface area contributed by atoms with E-state index in [1.54, 1.807) is 18.2 Å². The van der Waals surface area contributed by atoms with E-state index in [1.807, 2.05) is 45.9 Å². The fourth-order valence-electron chi connectivity index (χ4n) is 2.97. The number of ether oxygens (including phenoxy) is 2. The average molecular weight is 395 g/mol. The fraction of sp³-hybridized carbons (Fsp3) is 0.304. The van der Waals surface area contributed by atoms with E-state index >= 15 is 0 Å². The maximum atomic E-state index is 12.7. The molecule has 152 valence electrons. The second-order valence-corrected chi connectivity index (χ2v) is 7.39. The molecule has 29 heavy (non-hydrogen) atoms. The van der Waals surface area contributed by atoms with Crippen LogP contribution < -0.4 is 20.2 Å². The molecule has 0 aliphatic carbocycles. The molecule has 0 aliphatic rings. The number of amides is 1. The van der Waals surface area contributed by atoms with Gasteiger partial charge >= 0.3 is 0 Å². The van der Waals surface area contributed by atoms with E-state index in [4.69, 9.17) is 13.9 Å². The summed E-state index contributed by atoms with van der Waals surface area (Å²) in [4.78, 5) is 24.0. The molecular weight excluding hydrogens is 370 g/mol. The number of carbonyl (C=O) groups excluding carboxylic acids is 1. The molecule has 0 aliphatic heterocycles. The van der Waals surface area contributed by atoms with Gasteiger partial charge in [0, 0.05) is 30.3 Å². The molecule has 1 N–H and O–H groups in total. The highest BCUT2D eigenvalue weighted by molar-refractivity contribution is 5.92. The second-order valence-electron chi connectivity index (χ2n) is 7.39. The minimum atomic E-state index is -0.204. The van der Waals surface area contributed by atoms with Crippen molar-refractivity contribution in [1.29, 1.82) is 0 Å². The van der Waals surface area contributed by atoms with Crippen molar-refractivity contribution in [3.63, 3.8) is 0 Å². The van der Waals surface area contributed by atoms with Crippen molar-refractivity contribution < 1.29 is 18.7 Å². The van der Waals surface area contributed by atoms with Gasteiger partial charge in [0.2, 0.25) is 5.91 Å². The fourth-order valence-corrected chi connectivity index (χ4v) is 2.97. The predicted octanol–water partition coefficient (Wildman–Crippen LogP) is 4.99. The maximum Gasteiger partial charge on any atom is 0.221 e. The maximum absolute atomic E-state index is 12.7. The molecule has 1 amide bonds. The van der Waals surface area contributed by atoms with Gasteiger partial charge in [-0.25, -0.2) is 0 Å². The number of nitrogens with one attached hydrogen (secondary N) is 1. The Morgan fingerprint density at radius 3 is 2.10 bits per heavy atom. The predicted molar refractivity (Wildman–Crippen MR) is 114 cm³/mol. The lowest BCUT2D eigenvalue weighted by Gasteiger charge is -2.15.